The molecule has 0 fully saturated rings. The first kappa shape index (κ1) is 17.1. The molecule has 1 unspecified atom stereocenters. The number of aliphatic imine (C=N–C) groups is 1. The molecule has 21 heavy (non-hydrogen) atoms. The number of Topliss-reactive ketones (excluding diaryl/α,β-unsaturated/α-hetero) is 1. The molecule has 1 aromatic rings. The van der Waals surface area contributed by atoms with E-state index in [1.54, 1.807) is 6.92 Å². The fraction of sp³-hybridized carbons (Fsp3) is 0.500. The zero-order valence-corrected chi connectivity index (χ0v) is 13.8. The van der Waals surface area contributed by atoms with E-state index in [0.29, 0.717) is 17.5 Å². The van der Waals surface area contributed by atoms with E-state index >= 15 is 0 Å². The van der Waals surface area contributed by atoms with Crippen molar-refractivity contribution in [3.05, 3.63) is 29.3 Å². The Morgan fingerprint density at radius 1 is 1.10 bits per heavy atom. The van der Waals surface area contributed by atoms with Crippen LogP contribution in [-0.4, -0.2) is 11.5 Å². The molecule has 0 amide bonds. The van der Waals surface area contributed by atoms with E-state index in [9.17, 15) is 4.79 Å². The van der Waals surface area contributed by atoms with E-state index in [0.717, 1.165) is 16.8 Å². The highest BCUT2D eigenvalue weighted by Gasteiger charge is 2.19. The van der Waals surface area contributed by atoms with Gasteiger partial charge < -0.3 is 0 Å². The fourth-order valence-electron chi connectivity index (χ4n) is 2.36. The SMILES string of the molecule is CC(=O)C(C#N)C(C)=Nc1c(C(C)C)cccc1C(C)C. The lowest BCUT2D eigenvalue weighted by Crippen LogP contribution is -2.17. The molecule has 1 rings (SSSR count). The van der Waals surface area contributed by atoms with E-state index in [-0.39, 0.29) is 5.78 Å². The molecule has 0 radical (unpaired) electrons. The van der Waals surface area contributed by atoms with Crippen LogP contribution in [0.1, 0.15) is 64.5 Å². The van der Waals surface area contributed by atoms with E-state index in [4.69, 9.17) is 5.26 Å². The van der Waals surface area contributed by atoms with Crippen LogP contribution >= 0.6 is 0 Å². The van der Waals surface area contributed by atoms with Crippen molar-refractivity contribution in [2.24, 2.45) is 10.9 Å². The minimum atomic E-state index is -0.759. The van der Waals surface area contributed by atoms with Crippen molar-refractivity contribution in [1.82, 2.24) is 0 Å². The quantitative estimate of drug-likeness (QED) is 0.732. The normalized spacial score (nSPS) is 13.4. The number of carbonyl (C=O) groups is 1. The third-order valence-corrected chi connectivity index (χ3v) is 3.58. The molecule has 0 saturated heterocycles. The lowest BCUT2D eigenvalue weighted by atomic mass is 9.92. The van der Waals surface area contributed by atoms with Gasteiger partial charge in [-0.25, -0.2) is 0 Å². The average Bonchev–Trinajstić information content (AvgIpc) is 2.38. The second-order valence-corrected chi connectivity index (χ2v) is 6.02. The lowest BCUT2D eigenvalue weighted by molar-refractivity contribution is -0.117. The van der Waals surface area contributed by atoms with Crippen LogP contribution in [0.15, 0.2) is 23.2 Å². The van der Waals surface area contributed by atoms with Gasteiger partial charge in [0.05, 0.1) is 11.8 Å². The number of benzene rings is 1. The Kier molecular flexibility index (Phi) is 5.84. The van der Waals surface area contributed by atoms with E-state index in [1.165, 1.54) is 6.92 Å². The summed E-state index contributed by atoms with van der Waals surface area (Å²) in [5, 5.41) is 9.15. The van der Waals surface area contributed by atoms with E-state index in [2.05, 4.69) is 44.8 Å². The van der Waals surface area contributed by atoms with Gasteiger partial charge in [-0.05, 0) is 36.8 Å². The van der Waals surface area contributed by atoms with Crippen LogP contribution in [0.3, 0.4) is 0 Å². The molecule has 0 saturated carbocycles. The monoisotopic (exact) mass is 284 g/mol. The van der Waals surface area contributed by atoms with Crippen LogP contribution in [-0.2, 0) is 4.79 Å². The molecule has 112 valence electrons. The minimum Gasteiger partial charge on any atom is -0.298 e. The Morgan fingerprint density at radius 2 is 1.57 bits per heavy atom. The summed E-state index contributed by atoms with van der Waals surface area (Å²) in [4.78, 5) is 16.2. The third kappa shape index (κ3) is 4.01. The van der Waals surface area contributed by atoms with Crippen LogP contribution in [0.4, 0.5) is 5.69 Å². The standard InChI is InChI=1S/C18H24N2O/c1-11(2)15-8-7-9-16(12(3)4)18(15)20-13(5)17(10-19)14(6)21/h7-9,11-12,17H,1-6H3. The van der Waals surface area contributed by atoms with Crippen molar-refractivity contribution in [3.8, 4) is 6.07 Å². The first-order valence-electron chi connectivity index (χ1n) is 7.37. The van der Waals surface area contributed by atoms with Crippen molar-refractivity contribution >= 4 is 17.2 Å². The Hall–Kier alpha value is -1.95. The van der Waals surface area contributed by atoms with Gasteiger partial charge in [-0.15, -0.1) is 0 Å². The predicted octanol–water partition coefficient (Wildman–Crippen LogP) is 4.75. The summed E-state index contributed by atoms with van der Waals surface area (Å²) < 4.78 is 0. The summed E-state index contributed by atoms with van der Waals surface area (Å²) in [5.41, 5.74) is 3.79. The molecule has 1 aromatic carbocycles. The van der Waals surface area contributed by atoms with E-state index < -0.39 is 5.92 Å². The van der Waals surface area contributed by atoms with Gasteiger partial charge in [0.1, 0.15) is 5.92 Å². The zero-order chi connectivity index (χ0) is 16.2. The highest BCUT2D eigenvalue weighted by atomic mass is 16.1. The Balaban J connectivity index is 3.47. The van der Waals surface area contributed by atoms with Crippen LogP contribution in [0.2, 0.25) is 0 Å². The second-order valence-electron chi connectivity index (χ2n) is 6.02. The molecule has 0 aliphatic carbocycles. The van der Waals surface area contributed by atoms with E-state index in [1.807, 2.05) is 12.1 Å². The van der Waals surface area contributed by atoms with Gasteiger partial charge in [-0.2, -0.15) is 5.26 Å². The molecular weight excluding hydrogens is 260 g/mol. The molecule has 3 nitrogen and oxygen atoms in total. The maximum absolute atomic E-state index is 11.5. The van der Waals surface area contributed by atoms with Gasteiger partial charge in [0.15, 0.2) is 5.78 Å². The smallest absolute Gasteiger partial charge is 0.152 e. The average molecular weight is 284 g/mol. The first-order valence-corrected chi connectivity index (χ1v) is 7.37. The van der Waals surface area contributed by atoms with Crippen LogP contribution in [0, 0.1) is 17.2 Å². The van der Waals surface area contributed by atoms with Gasteiger partial charge >= 0.3 is 0 Å². The summed E-state index contributed by atoms with van der Waals surface area (Å²) in [6.45, 7) is 11.7. The molecule has 0 spiro atoms. The number of rotatable bonds is 5. The van der Waals surface area contributed by atoms with Crippen molar-refractivity contribution in [1.29, 1.82) is 5.26 Å². The molecule has 3 heteroatoms. The molecule has 0 bridgehead atoms. The number of nitriles is 1. The third-order valence-electron chi connectivity index (χ3n) is 3.58. The van der Waals surface area contributed by atoms with Gasteiger partial charge in [-0.3, -0.25) is 9.79 Å². The number of hydrogen-bond donors (Lipinski definition) is 0. The lowest BCUT2D eigenvalue weighted by Gasteiger charge is -2.17. The van der Waals surface area contributed by atoms with Gasteiger partial charge in [0.2, 0.25) is 0 Å². The predicted molar refractivity (Wildman–Crippen MR) is 87.2 cm³/mol. The maximum Gasteiger partial charge on any atom is 0.152 e. The number of nitrogens with zero attached hydrogens (tertiary/aromatic N) is 2. The van der Waals surface area contributed by atoms with Gasteiger partial charge in [0.25, 0.3) is 0 Å². The fourth-order valence-corrected chi connectivity index (χ4v) is 2.36. The summed E-state index contributed by atoms with van der Waals surface area (Å²) >= 11 is 0. The summed E-state index contributed by atoms with van der Waals surface area (Å²) in [6.07, 6.45) is 0. The summed E-state index contributed by atoms with van der Waals surface area (Å²) in [7, 11) is 0. The van der Waals surface area contributed by atoms with Crippen molar-refractivity contribution in [2.75, 3.05) is 0 Å². The second kappa shape index (κ2) is 7.17. The Morgan fingerprint density at radius 3 is 1.90 bits per heavy atom. The topological polar surface area (TPSA) is 53.2 Å². The first-order chi connectivity index (χ1) is 9.79. The molecule has 0 aliphatic heterocycles. The number of carbonyl (C=O) groups excluding carboxylic acids is 1. The van der Waals surface area contributed by atoms with Crippen molar-refractivity contribution < 1.29 is 4.79 Å². The van der Waals surface area contributed by atoms with Gasteiger partial charge in [-0.1, -0.05) is 45.9 Å². The maximum atomic E-state index is 11.5. The minimum absolute atomic E-state index is 0.160. The molecule has 1 atom stereocenters. The summed E-state index contributed by atoms with van der Waals surface area (Å²) in [6, 6.07) is 8.22. The zero-order valence-electron chi connectivity index (χ0n) is 13.8. The van der Waals surface area contributed by atoms with Crippen molar-refractivity contribution in [2.45, 2.75) is 53.4 Å². The molecule has 0 aliphatic rings. The molecule has 0 heterocycles. The highest BCUT2D eigenvalue weighted by molar-refractivity contribution is 6.06. The summed E-state index contributed by atoms with van der Waals surface area (Å²) in [5.74, 6) is -0.238. The van der Waals surface area contributed by atoms with Crippen molar-refractivity contribution in [3.63, 3.8) is 0 Å². The molecule has 0 aromatic heterocycles. The Bertz CT molecular complexity index is 565. The van der Waals surface area contributed by atoms with Crippen LogP contribution in [0.25, 0.3) is 0 Å². The highest BCUT2D eigenvalue weighted by Crippen LogP contribution is 2.35. The van der Waals surface area contributed by atoms with Crippen LogP contribution < -0.4 is 0 Å². The van der Waals surface area contributed by atoms with Crippen LogP contribution in [0.5, 0.6) is 0 Å². The Labute approximate surface area is 127 Å². The largest absolute Gasteiger partial charge is 0.298 e. The number of para-hydroxylation sites is 1. The number of hydrogen-bond acceptors (Lipinski definition) is 3. The van der Waals surface area contributed by atoms with Gasteiger partial charge in [0, 0.05) is 5.71 Å². The molecular formula is C18H24N2O. The molecule has 0 N–H and O–H groups in total. The number of ketones is 1.